The van der Waals surface area contributed by atoms with Gasteiger partial charge in [-0.25, -0.2) is 0 Å². The Kier molecular flexibility index (Phi) is 6.10. The zero-order valence-electron chi connectivity index (χ0n) is 19.1. The number of aliphatic hydroxyl groups is 1. The maximum absolute atomic E-state index is 13.3. The Bertz CT molecular complexity index is 1290. The lowest BCUT2D eigenvalue weighted by Crippen LogP contribution is -2.29. The summed E-state index contributed by atoms with van der Waals surface area (Å²) < 4.78 is 16.7. The summed E-state index contributed by atoms with van der Waals surface area (Å²) in [5, 5.41) is 11.3. The molecule has 0 bridgehead atoms. The van der Waals surface area contributed by atoms with Crippen LogP contribution in [0, 0.1) is 0 Å². The van der Waals surface area contributed by atoms with Crippen LogP contribution in [0.1, 0.15) is 29.7 Å². The van der Waals surface area contributed by atoms with Crippen molar-refractivity contribution < 1.29 is 28.9 Å². The molecule has 3 aromatic rings. The van der Waals surface area contributed by atoms with Crippen molar-refractivity contribution >= 4 is 17.4 Å². The van der Waals surface area contributed by atoms with Gasteiger partial charge in [0.1, 0.15) is 24.7 Å². The van der Waals surface area contributed by atoms with Crippen LogP contribution in [0.3, 0.4) is 0 Å². The molecule has 0 radical (unpaired) electrons. The number of Topliss-reactive ketones (excluding diaryl/α,β-unsaturated/α-hetero) is 1. The third kappa shape index (κ3) is 4.30. The van der Waals surface area contributed by atoms with Crippen LogP contribution in [0.25, 0.3) is 5.76 Å². The molecule has 2 aliphatic rings. The molecule has 1 saturated heterocycles. The van der Waals surface area contributed by atoms with Gasteiger partial charge in [0.05, 0.1) is 18.2 Å². The number of aliphatic hydroxyl groups excluding tert-OH is 1. The summed E-state index contributed by atoms with van der Waals surface area (Å²) in [4.78, 5) is 31.9. The summed E-state index contributed by atoms with van der Waals surface area (Å²) in [7, 11) is 0. The van der Waals surface area contributed by atoms with Gasteiger partial charge in [-0.3, -0.25) is 14.6 Å². The number of amides is 1. The molecule has 178 valence electrons. The highest BCUT2D eigenvalue weighted by Crippen LogP contribution is 2.42. The molecule has 1 amide bonds. The smallest absolute Gasteiger partial charge is 0.295 e. The summed E-state index contributed by atoms with van der Waals surface area (Å²) >= 11 is 0. The standard InChI is InChI=1S/C27H24N2O6/c1-2-33-20-6-3-18(4-7-20)24-23(25(30)19-5-8-21-22(15-19)35-14-13-34-21)26(31)27(32)29(24)16-17-9-11-28-12-10-17/h3-12,15,24,30H,2,13-14,16H2,1H3/b25-23+. The van der Waals surface area contributed by atoms with Crippen LogP contribution >= 0.6 is 0 Å². The highest BCUT2D eigenvalue weighted by atomic mass is 16.6. The van der Waals surface area contributed by atoms with E-state index in [4.69, 9.17) is 14.2 Å². The van der Waals surface area contributed by atoms with Crippen molar-refractivity contribution in [2.75, 3.05) is 19.8 Å². The summed E-state index contributed by atoms with van der Waals surface area (Å²) in [5.41, 5.74) is 1.88. The third-order valence-electron chi connectivity index (χ3n) is 5.96. The van der Waals surface area contributed by atoms with Gasteiger partial charge < -0.3 is 24.2 Å². The minimum atomic E-state index is -0.785. The molecule has 5 rings (SSSR count). The van der Waals surface area contributed by atoms with Crippen molar-refractivity contribution in [3.63, 3.8) is 0 Å². The Labute approximate surface area is 202 Å². The molecule has 2 aromatic carbocycles. The second kappa shape index (κ2) is 9.50. The Balaban J connectivity index is 1.61. The van der Waals surface area contributed by atoms with E-state index in [1.54, 1.807) is 67.0 Å². The predicted octanol–water partition coefficient (Wildman–Crippen LogP) is 3.87. The maximum Gasteiger partial charge on any atom is 0.295 e. The Morgan fingerprint density at radius 2 is 1.74 bits per heavy atom. The number of ketones is 1. The van der Waals surface area contributed by atoms with Crippen LogP contribution in [0.2, 0.25) is 0 Å². The fourth-order valence-electron chi connectivity index (χ4n) is 4.33. The van der Waals surface area contributed by atoms with E-state index in [1.165, 1.54) is 4.90 Å². The first-order chi connectivity index (χ1) is 17.1. The minimum Gasteiger partial charge on any atom is -0.507 e. The first-order valence-electron chi connectivity index (χ1n) is 11.4. The van der Waals surface area contributed by atoms with Crippen LogP contribution in [-0.2, 0) is 16.1 Å². The van der Waals surface area contributed by atoms with E-state index in [-0.39, 0.29) is 17.9 Å². The van der Waals surface area contributed by atoms with Crippen LogP contribution in [0.4, 0.5) is 0 Å². The van der Waals surface area contributed by atoms with Crippen LogP contribution < -0.4 is 14.2 Å². The molecule has 1 atom stereocenters. The minimum absolute atomic E-state index is 0.0184. The number of carbonyl (C=O) groups excluding carboxylic acids is 2. The SMILES string of the molecule is CCOc1ccc(C2/C(=C(\O)c3ccc4c(c3)OCCO4)C(=O)C(=O)N2Cc2ccncc2)cc1. The quantitative estimate of drug-likeness (QED) is 0.330. The topological polar surface area (TPSA) is 98.2 Å². The number of likely N-dealkylation sites (tertiary alicyclic amines) is 1. The fraction of sp³-hybridized carbons (Fsp3) is 0.222. The van der Waals surface area contributed by atoms with Gasteiger partial charge >= 0.3 is 0 Å². The van der Waals surface area contributed by atoms with Crippen molar-refractivity contribution in [2.24, 2.45) is 0 Å². The summed E-state index contributed by atoms with van der Waals surface area (Å²) in [5.74, 6) is 0.0219. The molecule has 0 spiro atoms. The molecule has 3 heterocycles. The molecule has 2 aliphatic heterocycles. The van der Waals surface area contributed by atoms with Gasteiger partial charge in [-0.15, -0.1) is 0 Å². The van der Waals surface area contributed by atoms with Crippen molar-refractivity contribution in [1.29, 1.82) is 0 Å². The number of hydrogen-bond acceptors (Lipinski definition) is 7. The molecule has 35 heavy (non-hydrogen) atoms. The number of aromatic nitrogens is 1. The first kappa shape index (κ1) is 22.5. The Morgan fingerprint density at radius 1 is 1.03 bits per heavy atom. The lowest BCUT2D eigenvalue weighted by atomic mass is 9.95. The zero-order chi connectivity index (χ0) is 24.4. The number of nitrogens with zero attached hydrogens (tertiary/aromatic N) is 2. The molecule has 1 aromatic heterocycles. The summed E-state index contributed by atoms with van der Waals surface area (Å²) in [6.07, 6.45) is 3.26. The van der Waals surface area contributed by atoms with E-state index >= 15 is 0 Å². The predicted molar refractivity (Wildman–Crippen MR) is 127 cm³/mol. The molecule has 8 nitrogen and oxygen atoms in total. The molecule has 1 unspecified atom stereocenters. The molecular formula is C27H24N2O6. The van der Waals surface area contributed by atoms with E-state index in [2.05, 4.69) is 4.98 Å². The average Bonchev–Trinajstić information content (AvgIpc) is 3.14. The van der Waals surface area contributed by atoms with Gasteiger partial charge in [-0.2, -0.15) is 0 Å². The van der Waals surface area contributed by atoms with Gasteiger partial charge in [-0.1, -0.05) is 12.1 Å². The van der Waals surface area contributed by atoms with Gasteiger partial charge in [0.2, 0.25) is 0 Å². The zero-order valence-corrected chi connectivity index (χ0v) is 19.1. The fourth-order valence-corrected chi connectivity index (χ4v) is 4.33. The maximum atomic E-state index is 13.3. The molecule has 0 saturated carbocycles. The van der Waals surface area contributed by atoms with Crippen molar-refractivity contribution in [2.45, 2.75) is 19.5 Å². The van der Waals surface area contributed by atoms with Crippen LogP contribution in [0.15, 0.2) is 72.6 Å². The number of pyridine rings is 1. The number of hydrogen-bond donors (Lipinski definition) is 1. The van der Waals surface area contributed by atoms with Gasteiger partial charge in [0.15, 0.2) is 11.5 Å². The van der Waals surface area contributed by atoms with Gasteiger partial charge in [0.25, 0.3) is 11.7 Å². The Hall–Kier alpha value is -4.33. The molecule has 0 aliphatic carbocycles. The first-order valence-corrected chi connectivity index (χ1v) is 11.4. The summed E-state index contributed by atoms with van der Waals surface area (Å²) in [6.45, 7) is 3.42. The monoisotopic (exact) mass is 472 g/mol. The molecule has 1 fully saturated rings. The second-order valence-electron chi connectivity index (χ2n) is 8.14. The largest absolute Gasteiger partial charge is 0.507 e. The van der Waals surface area contributed by atoms with Crippen molar-refractivity contribution in [3.8, 4) is 17.2 Å². The molecule has 1 N–H and O–H groups in total. The Morgan fingerprint density at radius 3 is 2.46 bits per heavy atom. The average molecular weight is 472 g/mol. The number of carbonyl (C=O) groups is 2. The second-order valence-corrected chi connectivity index (χ2v) is 8.14. The van der Waals surface area contributed by atoms with Crippen molar-refractivity contribution in [1.82, 2.24) is 9.88 Å². The van der Waals surface area contributed by atoms with E-state index in [0.717, 1.165) is 5.56 Å². The van der Waals surface area contributed by atoms with Crippen molar-refractivity contribution in [3.05, 3.63) is 89.3 Å². The van der Waals surface area contributed by atoms with Crippen LogP contribution in [0.5, 0.6) is 17.2 Å². The third-order valence-corrected chi connectivity index (χ3v) is 5.96. The van der Waals surface area contributed by atoms with Crippen LogP contribution in [-0.4, -0.2) is 46.5 Å². The molecular weight excluding hydrogens is 448 g/mol. The normalized spacial score (nSPS) is 18.5. The lowest BCUT2D eigenvalue weighted by molar-refractivity contribution is -0.140. The van der Waals surface area contributed by atoms with Gasteiger partial charge in [0, 0.05) is 24.5 Å². The number of fused-ring (bicyclic) bond motifs is 1. The number of benzene rings is 2. The highest BCUT2D eigenvalue weighted by Gasteiger charge is 2.46. The number of ether oxygens (including phenoxy) is 3. The van der Waals surface area contributed by atoms with E-state index in [0.29, 0.717) is 48.2 Å². The highest BCUT2D eigenvalue weighted by molar-refractivity contribution is 6.46. The lowest BCUT2D eigenvalue weighted by Gasteiger charge is -2.25. The van der Waals surface area contributed by atoms with E-state index < -0.39 is 17.7 Å². The number of rotatable bonds is 6. The summed E-state index contributed by atoms with van der Waals surface area (Å²) in [6, 6.07) is 14.9. The molecule has 8 heteroatoms. The van der Waals surface area contributed by atoms with E-state index in [9.17, 15) is 14.7 Å². The van der Waals surface area contributed by atoms with Gasteiger partial charge in [-0.05, 0) is 60.5 Å². The van der Waals surface area contributed by atoms with E-state index in [1.807, 2.05) is 6.92 Å².